The van der Waals surface area contributed by atoms with Crippen molar-refractivity contribution in [1.29, 1.82) is 0 Å². The molecule has 0 aromatic heterocycles. The lowest BCUT2D eigenvalue weighted by atomic mass is 10.1. The summed E-state index contributed by atoms with van der Waals surface area (Å²) in [7, 11) is 0. The smallest absolute Gasteiger partial charge is 0.226 e. The highest BCUT2D eigenvalue weighted by molar-refractivity contribution is 6.30. The van der Waals surface area contributed by atoms with Gasteiger partial charge in [0, 0.05) is 24.0 Å². The van der Waals surface area contributed by atoms with E-state index in [9.17, 15) is 4.79 Å². The molecule has 2 aliphatic rings. The number of benzene rings is 1. The largest absolute Gasteiger partial charge is 0.342 e. The van der Waals surface area contributed by atoms with E-state index in [4.69, 9.17) is 17.3 Å². The second-order valence-corrected chi connectivity index (χ2v) is 6.11. The van der Waals surface area contributed by atoms with Gasteiger partial charge in [0.2, 0.25) is 5.91 Å². The Morgan fingerprint density at radius 2 is 2.32 bits per heavy atom. The predicted octanol–water partition coefficient (Wildman–Crippen LogP) is 2.25. The number of hydrogen-bond donors (Lipinski definition) is 1. The van der Waals surface area contributed by atoms with Gasteiger partial charge in [-0.05, 0) is 48.9 Å². The number of carbonyl (C=O) groups is 1. The summed E-state index contributed by atoms with van der Waals surface area (Å²) in [5.41, 5.74) is 6.87. The Kier molecular flexibility index (Phi) is 3.50. The lowest BCUT2D eigenvalue weighted by Crippen LogP contribution is -2.31. The van der Waals surface area contributed by atoms with Crippen molar-refractivity contribution in [2.45, 2.75) is 18.8 Å². The first-order chi connectivity index (χ1) is 9.19. The van der Waals surface area contributed by atoms with Crippen molar-refractivity contribution in [2.24, 2.45) is 17.6 Å². The fraction of sp³-hybridized carbons (Fsp3) is 0.533. The number of nitrogens with zero attached hydrogens (tertiary/aromatic N) is 1. The lowest BCUT2D eigenvalue weighted by molar-refractivity contribution is -0.131. The highest BCUT2D eigenvalue weighted by Gasteiger charge is 2.46. The van der Waals surface area contributed by atoms with Crippen molar-refractivity contribution in [3.05, 3.63) is 34.9 Å². The molecular formula is C15H19ClN2O. The first-order valence-electron chi connectivity index (χ1n) is 6.93. The highest BCUT2D eigenvalue weighted by Crippen LogP contribution is 2.49. The normalized spacial score (nSPS) is 29.6. The monoisotopic (exact) mass is 278 g/mol. The molecule has 1 aliphatic heterocycles. The Morgan fingerprint density at radius 3 is 3.00 bits per heavy atom. The molecule has 2 fully saturated rings. The van der Waals surface area contributed by atoms with Gasteiger partial charge in [0.15, 0.2) is 0 Å². The fourth-order valence-corrected chi connectivity index (χ4v) is 3.23. The van der Waals surface area contributed by atoms with Gasteiger partial charge in [-0.3, -0.25) is 4.79 Å². The van der Waals surface area contributed by atoms with Crippen LogP contribution in [-0.4, -0.2) is 30.4 Å². The molecule has 1 saturated heterocycles. The van der Waals surface area contributed by atoms with E-state index < -0.39 is 0 Å². The summed E-state index contributed by atoms with van der Waals surface area (Å²) in [5.74, 6) is 1.33. The van der Waals surface area contributed by atoms with E-state index in [1.165, 1.54) is 5.56 Å². The minimum absolute atomic E-state index is 0.162. The molecule has 1 aromatic rings. The van der Waals surface area contributed by atoms with Gasteiger partial charge in [-0.15, -0.1) is 0 Å². The third-order valence-corrected chi connectivity index (χ3v) is 4.55. The van der Waals surface area contributed by atoms with Gasteiger partial charge >= 0.3 is 0 Å². The van der Waals surface area contributed by atoms with Crippen molar-refractivity contribution in [3.8, 4) is 0 Å². The molecule has 0 radical (unpaired) electrons. The molecule has 102 valence electrons. The third-order valence-electron chi connectivity index (χ3n) is 4.32. The molecule has 3 unspecified atom stereocenters. The molecule has 4 heteroatoms. The molecule has 3 atom stereocenters. The third kappa shape index (κ3) is 2.63. The Bertz CT molecular complexity index is 491. The second-order valence-electron chi connectivity index (χ2n) is 5.68. The number of rotatable bonds is 3. The lowest BCUT2D eigenvalue weighted by Gasteiger charge is -2.16. The summed E-state index contributed by atoms with van der Waals surface area (Å²) in [6.45, 7) is 2.40. The van der Waals surface area contributed by atoms with Crippen LogP contribution in [0.2, 0.25) is 5.02 Å². The zero-order valence-electron chi connectivity index (χ0n) is 10.9. The van der Waals surface area contributed by atoms with Crippen molar-refractivity contribution >= 4 is 17.5 Å². The Balaban J connectivity index is 1.62. The maximum Gasteiger partial charge on any atom is 0.226 e. The Hall–Kier alpha value is -1.06. The summed E-state index contributed by atoms with van der Waals surface area (Å²) in [6, 6.07) is 7.87. The van der Waals surface area contributed by atoms with Gasteiger partial charge in [-0.1, -0.05) is 23.7 Å². The van der Waals surface area contributed by atoms with Crippen molar-refractivity contribution in [1.82, 2.24) is 4.90 Å². The molecule has 1 amide bonds. The van der Waals surface area contributed by atoms with Crippen LogP contribution in [0.3, 0.4) is 0 Å². The van der Waals surface area contributed by atoms with Gasteiger partial charge in [-0.2, -0.15) is 0 Å². The van der Waals surface area contributed by atoms with E-state index in [0.29, 0.717) is 24.3 Å². The molecule has 1 aromatic carbocycles. The van der Waals surface area contributed by atoms with E-state index in [0.717, 1.165) is 31.0 Å². The standard InChI is InChI=1S/C15H19ClN2O/c16-12-3-1-2-11(6-12)13-7-14(13)15(19)18-5-4-10(8-17)9-18/h1-3,6,10,13-14H,4-5,7-9,17H2. The molecule has 2 N–H and O–H groups in total. The molecule has 1 heterocycles. The van der Waals surface area contributed by atoms with Crippen molar-refractivity contribution in [2.75, 3.05) is 19.6 Å². The summed E-state index contributed by atoms with van der Waals surface area (Å²) in [6.07, 6.45) is 2.01. The molecule has 19 heavy (non-hydrogen) atoms. The van der Waals surface area contributed by atoms with E-state index >= 15 is 0 Å². The number of nitrogens with two attached hydrogens (primary N) is 1. The second kappa shape index (κ2) is 5.14. The average Bonchev–Trinajstić information content (AvgIpc) is 3.07. The Labute approximate surface area is 118 Å². The van der Waals surface area contributed by atoms with E-state index in [1.54, 1.807) is 0 Å². The van der Waals surface area contributed by atoms with Gasteiger partial charge in [0.1, 0.15) is 0 Å². The summed E-state index contributed by atoms with van der Waals surface area (Å²) in [5, 5.41) is 0.750. The number of carbonyl (C=O) groups excluding carboxylic acids is 1. The maximum absolute atomic E-state index is 12.4. The first-order valence-corrected chi connectivity index (χ1v) is 7.31. The number of hydrogen-bond acceptors (Lipinski definition) is 2. The van der Waals surface area contributed by atoms with E-state index in [-0.39, 0.29) is 5.92 Å². The minimum Gasteiger partial charge on any atom is -0.342 e. The molecule has 3 nitrogen and oxygen atoms in total. The fourth-order valence-electron chi connectivity index (χ4n) is 3.03. The predicted molar refractivity (Wildman–Crippen MR) is 76.0 cm³/mol. The van der Waals surface area contributed by atoms with Crippen molar-refractivity contribution < 1.29 is 4.79 Å². The summed E-state index contributed by atoms with van der Waals surface area (Å²) < 4.78 is 0. The topological polar surface area (TPSA) is 46.3 Å². The van der Waals surface area contributed by atoms with Crippen LogP contribution in [0.25, 0.3) is 0 Å². The SMILES string of the molecule is NCC1CCN(C(=O)C2CC2c2cccc(Cl)c2)C1. The van der Waals surface area contributed by atoms with Crippen LogP contribution in [0.4, 0.5) is 0 Å². The molecule has 3 rings (SSSR count). The molecule has 1 aliphatic carbocycles. The number of amides is 1. The minimum atomic E-state index is 0.162. The Morgan fingerprint density at radius 1 is 1.47 bits per heavy atom. The summed E-state index contributed by atoms with van der Waals surface area (Å²) in [4.78, 5) is 14.4. The van der Waals surface area contributed by atoms with Crippen molar-refractivity contribution in [3.63, 3.8) is 0 Å². The quantitative estimate of drug-likeness (QED) is 0.922. The maximum atomic E-state index is 12.4. The zero-order valence-corrected chi connectivity index (χ0v) is 11.6. The van der Waals surface area contributed by atoms with Crippen LogP contribution in [0, 0.1) is 11.8 Å². The zero-order chi connectivity index (χ0) is 13.4. The molecule has 0 bridgehead atoms. The van der Waals surface area contributed by atoms with Crippen LogP contribution in [0.5, 0.6) is 0 Å². The molecular weight excluding hydrogens is 260 g/mol. The van der Waals surface area contributed by atoms with Crippen LogP contribution in [-0.2, 0) is 4.79 Å². The molecule has 0 spiro atoms. The van der Waals surface area contributed by atoms with Gasteiger partial charge in [-0.25, -0.2) is 0 Å². The molecule has 1 saturated carbocycles. The van der Waals surface area contributed by atoms with E-state index in [1.807, 2.05) is 23.1 Å². The van der Waals surface area contributed by atoms with Gasteiger partial charge < -0.3 is 10.6 Å². The van der Waals surface area contributed by atoms with Crippen LogP contribution >= 0.6 is 11.6 Å². The summed E-state index contributed by atoms with van der Waals surface area (Å²) >= 11 is 6.00. The number of halogens is 1. The van der Waals surface area contributed by atoms with Gasteiger partial charge in [0.25, 0.3) is 0 Å². The highest BCUT2D eigenvalue weighted by atomic mass is 35.5. The van der Waals surface area contributed by atoms with E-state index in [2.05, 4.69) is 6.07 Å². The van der Waals surface area contributed by atoms with Crippen LogP contribution < -0.4 is 5.73 Å². The average molecular weight is 279 g/mol. The number of likely N-dealkylation sites (tertiary alicyclic amines) is 1. The van der Waals surface area contributed by atoms with Crippen LogP contribution in [0.1, 0.15) is 24.3 Å². The van der Waals surface area contributed by atoms with Gasteiger partial charge in [0.05, 0.1) is 0 Å². The first kappa shape index (κ1) is 12.9. The van der Waals surface area contributed by atoms with Crippen LogP contribution in [0.15, 0.2) is 24.3 Å².